The third kappa shape index (κ3) is 3.21. The van der Waals surface area contributed by atoms with E-state index in [1.165, 1.54) is 25.7 Å². The Hall–Kier alpha value is -0.570. The Labute approximate surface area is 105 Å². The van der Waals surface area contributed by atoms with Crippen LogP contribution in [0.1, 0.15) is 46.0 Å². The van der Waals surface area contributed by atoms with Gasteiger partial charge >= 0.3 is 0 Å². The summed E-state index contributed by atoms with van der Waals surface area (Å²) < 4.78 is 0. The van der Waals surface area contributed by atoms with E-state index in [2.05, 4.69) is 24.5 Å². The molecule has 2 N–H and O–H groups in total. The van der Waals surface area contributed by atoms with Crippen molar-refractivity contribution in [3.8, 4) is 0 Å². The zero-order chi connectivity index (χ0) is 12.3. The minimum absolute atomic E-state index is 0.166. The molecule has 1 aliphatic heterocycles. The highest BCUT2D eigenvalue weighted by Gasteiger charge is 2.36. The Kier molecular flexibility index (Phi) is 4.08. The summed E-state index contributed by atoms with van der Waals surface area (Å²) in [6, 6.07) is 0. The summed E-state index contributed by atoms with van der Waals surface area (Å²) in [6.45, 7) is 7.10. The number of hydrogen-bond acceptors (Lipinski definition) is 2. The monoisotopic (exact) mass is 238 g/mol. The van der Waals surface area contributed by atoms with E-state index in [-0.39, 0.29) is 11.3 Å². The van der Waals surface area contributed by atoms with Crippen molar-refractivity contribution in [2.45, 2.75) is 46.0 Å². The molecule has 0 spiro atoms. The molecule has 1 heterocycles. The van der Waals surface area contributed by atoms with E-state index in [4.69, 9.17) is 0 Å². The zero-order valence-electron chi connectivity index (χ0n) is 11.2. The van der Waals surface area contributed by atoms with Crippen LogP contribution >= 0.6 is 0 Å². The van der Waals surface area contributed by atoms with Crippen LogP contribution in [0.25, 0.3) is 0 Å². The van der Waals surface area contributed by atoms with Gasteiger partial charge in [0.05, 0.1) is 5.41 Å². The molecule has 1 saturated heterocycles. The number of carbonyl (C=O) groups excluding carboxylic acids is 1. The molecule has 2 fully saturated rings. The molecule has 1 saturated carbocycles. The molecule has 17 heavy (non-hydrogen) atoms. The fourth-order valence-corrected chi connectivity index (χ4v) is 3.21. The number of amides is 1. The Balaban J connectivity index is 1.75. The SMILES string of the molecule is CC1CCCC(CNC(=O)C2(C)CCNC2)C1. The predicted octanol–water partition coefficient (Wildman–Crippen LogP) is 1.93. The van der Waals surface area contributed by atoms with Gasteiger partial charge in [0.15, 0.2) is 0 Å². The average Bonchev–Trinajstić information content (AvgIpc) is 2.74. The van der Waals surface area contributed by atoms with Crippen LogP contribution in [-0.4, -0.2) is 25.5 Å². The maximum Gasteiger partial charge on any atom is 0.227 e. The molecule has 3 heteroatoms. The van der Waals surface area contributed by atoms with Crippen molar-refractivity contribution in [1.82, 2.24) is 10.6 Å². The van der Waals surface area contributed by atoms with Gasteiger partial charge in [-0.15, -0.1) is 0 Å². The fraction of sp³-hybridized carbons (Fsp3) is 0.929. The normalized spacial score (nSPS) is 38.0. The quantitative estimate of drug-likeness (QED) is 0.789. The Morgan fingerprint density at radius 2 is 2.29 bits per heavy atom. The van der Waals surface area contributed by atoms with E-state index in [0.717, 1.165) is 32.0 Å². The van der Waals surface area contributed by atoms with Crippen LogP contribution in [0.3, 0.4) is 0 Å². The highest BCUT2D eigenvalue weighted by atomic mass is 16.2. The van der Waals surface area contributed by atoms with E-state index in [1.54, 1.807) is 0 Å². The van der Waals surface area contributed by atoms with Gasteiger partial charge in [-0.25, -0.2) is 0 Å². The van der Waals surface area contributed by atoms with Crippen molar-refractivity contribution in [1.29, 1.82) is 0 Å². The Morgan fingerprint density at radius 3 is 2.94 bits per heavy atom. The van der Waals surface area contributed by atoms with Gasteiger partial charge in [-0.05, 0) is 44.6 Å². The number of hydrogen-bond donors (Lipinski definition) is 2. The van der Waals surface area contributed by atoms with Crippen LogP contribution in [0, 0.1) is 17.3 Å². The molecule has 0 radical (unpaired) electrons. The largest absolute Gasteiger partial charge is 0.355 e. The van der Waals surface area contributed by atoms with Gasteiger partial charge in [-0.3, -0.25) is 4.79 Å². The Morgan fingerprint density at radius 1 is 1.47 bits per heavy atom. The van der Waals surface area contributed by atoms with E-state index >= 15 is 0 Å². The minimum Gasteiger partial charge on any atom is -0.355 e. The van der Waals surface area contributed by atoms with Crippen molar-refractivity contribution in [3.05, 3.63) is 0 Å². The maximum atomic E-state index is 12.1. The van der Waals surface area contributed by atoms with E-state index in [9.17, 15) is 4.79 Å². The molecule has 2 rings (SSSR count). The van der Waals surface area contributed by atoms with Crippen LogP contribution in [0.2, 0.25) is 0 Å². The smallest absolute Gasteiger partial charge is 0.227 e. The molecule has 0 bridgehead atoms. The van der Waals surface area contributed by atoms with Crippen LogP contribution in [0.5, 0.6) is 0 Å². The second-order valence-corrected chi connectivity index (χ2v) is 6.34. The second-order valence-electron chi connectivity index (χ2n) is 6.34. The molecule has 98 valence electrons. The van der Waals surface area contributed by atoms with Crippen molar-refractivity contribution in [3.63, 3.8) is 0 Å². The molecule has 3 unspecified atom stereocenters. The lowest BCUT2D eigenvalue weighted by molar-refractivity contribution is -0.129. The maximum absolute atomic E-state index is 12.1. The third-order valence-electron chi connectivity index (χ3n) is 4.51. The summed E-state index contributed by atoms with van der Waals surface area (Å²) in [5.74, 6) is 1.80. The molecule has 0 aromatic carbocycles. The van der Waals surface area contributed by atoms with Crippen LogP contribution < -0.4 is 10.6 Å². The fourth-order valence-electron chi connectivity index (χ4n) is 3.21. The average molecular weight is 238 g/mol. The van der Waals surface area contributed by atoms with Crippen molar-refractivity contribution in [2.24, 2.45) is 17.3 Å². The first-order chi connectivity index (χ1) is 8.10. The molecule has 2 aliphatic rings. The molecule has 1 amide bonds. The van der Waals surface area contributed by atoms with Gasteiger partial charge in [0.2, 0.25) is 5.91 Å². The van der Waals surface area contributed by atoms with Crippen molar-refractivity contribution >= 4 is 5.91 Å². The molecular weight excluding hydrogens is 212 g/mol. The first-order valence-corrected chi connectivity index (χ1v) is 7.09. The van der Waals surface area contributed by atoms with Crippen LogP contribution in [0.4, 0.5) is 0 Å². The summed E-state index contributed by atoms with van der Waals surface area (Å²) in [5, 5.41) is 6.45. The second kappa shape index (κ2) is 5.38. The summed E-state index contributed by atoms with van der Waals surface area (Å²) in [4.78, 5) is 12.1. The first-order valence-electron chi connectivity index (χ1n) is 7.09. The summed E-state index contributed by atoms with van der Waals surface area (Å²) in [7, 11) is 0. The van der Waals surface area contributed by atoms with Gasteiger partial charge in [0.1, 0.15) is 0 Å². The topological polar surface area (TPSA) is 41.1 Å². The molecule has 3 nitrogen and oxygen atoms in total. The lowest BCUT2D eigenvalue weighted by atomic mass is 9.82. The molecule has 0 aromatic heterocycles. The standard InChI is InChI=1S/C14H26N2O/c1-11-4-3-5-12(8-11)9-16-13(17)14(2)6-7-15-10-14/h11-12,15H,3-10H2,1-2H3,(H,16,17). The highest BCUT2D eigenvalue weighted by molar-refractivity contribution is 5.82. The minimum atomic E-state index is -0.166. The zero-order valence-corrected chi connectivity index (χ0v) is 11.2. The lowest BCUT2D eigenvalue weighted by Crippen LogP contribution is -2.42. The summed E-state index contributed by atoms with van der Waals surface area (Å²) >= 11 is 0. The number of carbonyl (C=O) groups is 1. The van der Waals surface area contributed by atoms with Gasteiger partial charge < -0.3 is 10.6 Å². The third-order valence-corrected chi connectivity index (χ3v) is 4.51. The van der Waals surface area contributed by atoms with Gasteiger partial charge in [-0.2, -0.15) is 0 Å². The van der Waals surface area contributed by atoms with Crippen LogP contribution in [-0.2, 0) is 4.79 Å². The van der Waals surface area contributed by atoms with Crippen LogP contribution in [0.15, 0.2) is 0 Å². The van der Waals surface area contributed by atoms with Crippen molar-refractivity contribution in [2.75, 3.05) is 19.6 Å². The van der Waals surface area contributed by atoms with E-state index in [1.807, 2.05) is 0 Å². The molecule has 0 aromatic rings. The lowest BCUT2D eigenvalue weighted by Gasteiger charge is -2.28. The summed E-state index contributed by atoms with van der Waals surface area (Å²) in [5.41, 5.74) is -0.166. The number of rotatable bonds is 3. The molecule has 3 atom stereocenters. The van der Waals surface area contributed by atoms with E-state index in [0.29, 0.717) is 5.92 Å². The number of nitrogens with one attached hydrogen (secondary N) is 2. The van der Waals surface area contributed by atoms with Crippen molar-refractivity contribution < 1.29 is 4.79 Å². The van der Waals surface area contributed by atoms with Gasteiger partial charge in [-0.1, -0.05) is 19.8 Å². The van der Waals surface area contributed by atoms with Gasteiger partial charge in [0.25, 0.3) is 0 Å². The molecular formula is C14H26N2O. The predicted molar refractivity (Wildman–Crippen MR) is 69.7 cm³/mol. The van der Waals surface area contributed by atoms with E-state index < -0.39 is 0 Å². The van der Waals surface area contributed by atoms with Gasteiger partial charge in [0, 0.05) is 13.1 Å². The Bertz CT molecular complexity index is 271. The highest BCUT2D eigenvalue weighted by Crippen LogP contribution is 2.29. The summed E-state index contributed by atoms with van der Waals surface area (Å²) in [6.07, 6.45) is 6.25. The first kappa shape index (κ1) is 12.9. The molecule has 1 aliphatic carbocycles.